The van der Waals surface area contributed by atoms with Crippen LogP contribution < -0.4 is 0 Å². The number of esters is 2. The van der Waals surface area contributed by atoms with Gasteiger partial charge in [0.15, 0.2) is 6.10 Å². The molecular weight excluding hydrogens is 248 g/mol. The summed E-state index contributed by atoms with van der Waals surface area (Å²) in [6, 6.07) is 0. The van der Waals surface area contributed by atoms with E-state index < -0.39 is 49.6 Å². The second kappa shape index (κ2) is 7.98. The molecule has 0 aromatic rings. The topological polar surface area (TPSA) is 134 Å². The molecule has 0 saturated heterocycles. The van der Waals surface area contributed by atoms with Gasteiger partial charge in [-0.25, -0.2) is 0 Å². The van der Waals surface area contributed by atoms with Gasteiger partial charge in [0.25, 0.3) is 0 Å². The second-order valence-corrected chi connectivity index (χ2v) is 3.68. The van der Waals surface area contributed by atoms with Gasteiger partial charge in [-0.05, 0) is 0 Å². The number of hydrogen-bond donors (Lipinski definition) is 4. The highest BCUT2D eigenvalue weighted by Gasteiger charge is 2.33. The minimum absolute atomic E-state index is 0.467. The first-order valence-corrected chi connectivity index (χ1v) is 5.25. The molecule has 0 aromatic carbocycles. The second-order valence-electron chi connectivity index (χ2n) is 3.68. The molecule has 0 fully saturated rings. The van der Waals surface area contributed by atoms with Crippen LogP contribution in [0.2, 0.25) is 0 Å². The number of hydrogen-bond acceptors (Lipinski definition) is 8. The van der Waals surface area contributed by atoms with Crippen molar-refractivity contribution in [2.75, 3.05) is 13.2 Å². The van der Waals surface area contributed by atoms with Crippen LogP contribution in [0.15, 0.2) is 0 Å². The minimum atomic E-state index is -1.74. The van der Waals surface area contributed by atoms with Crippen molar-refractivity contribution in [2.45, 2.75) is 38.3 Å². The predicted molar refractivity (Wildman–Crippen MR) is 57.3 cm³/mol. The van der Waals surface area contributed by atoms with Gasteiger partial charge >= 0.3 is 11.9 Å². The smallest absolute Gasteiger partial charge is 0.303 e. The van der Waals surface area contributed by atoms with Gasteiger partial charge in [0, 0.05) is 13.8 Å². The molecule has 0 radical (unpaired) electrons. The first-order valence-electron chi connectivity index (χ1n) is 5.25. The largest absolute Gasteiger partial charge is 0.462 e. The van der Waals surface area contributed by atoms with Gasteiger partial charge in [-0.1, -0.05) is 0 Å². The van der Waals surface area contributed by atoms with Crippen LogP contribution in [0.4, 0.5) is 0 Å². The van der Waals surface area contributed by atoms with E-state index in [0.717, 1.165) is 13.8 Å². The fourth-order valence-corrected chi connectivity index (χ4v) is 1.17. The molecule has 0 aliphatic carbocycles. The number of ether oxygens (including phenoxy) is 2. The molecule has 0 rings (SSSR count). The van der Waals surface area contributed by atoms with Gasteiger partial charge < -0.3 is 29.9 Å². The lowest BCUT2D eigenvalue weighted by Crippen LogP contribution is -2.49. The maximum Gasteiger partial charge on any atom is 0.303 e. The molecule has 0 aromatic heterocycles. The Morgan fingerprint density at radius 1 is 1.06 bits per heavy atom. The molecule has 0 spiro atoms. The molecule has 0 bridgehead atoms. The molecule has 0 amide bonds. The van der Waals surface area contributed by atoms with Crippen molar-refractivity contribution < 1.29 is 39.5 Å². The summed E-state index contributed by atoms with van der Waals surface area (Å²) in [6.45, 7) is 0.947. The number of rotatable bonds is 7. The van der Waals surface area contributed by atoms with E-state index in [-0.39, 0.29) is 0 Å². The van der Waals surface area contributed by atoms with Crippen LogP contribution in [0.1, 0.15) is 13.8 Å². The van der Waals surface area contributed by atoms with E-state index >= 15 is 0 Å². The Bertz CT molecular complexity index is 279. The van der Waals surface area contributed by atoms with Crippen molar-refractivity contribution in [1.82, 2.24) is 0 Å². The number of carbonyl (C=O) groups excluding carboxylic acids is 2. The quantitative estimate of drug-likeness (QED) is 0.373. The molecule has 18 heavy (non-hydrogen) atoms. The Kier molecular flexibility index (Phi) is 7.44. The highest BCUT2D eigenvalue weighted by Crippen LogP contribution is 2.09. The summed E-state index contributed by atoms with van der Waals surface area (Å²) in [5, 5.41) is 36.9. The Morgan fingerprint density at radius 3 is 2.00 bits per heavy atom. The van der Waals surface area contributed by atoms with Crippen LogP contribution in [0.5, 0.6) is 0 Å². The zero-order chi connectivity index (χ0) is 14.3. The van der Waals surface area contributed by atoms with Crippen LogP contribution >= 0.6 is 0 Å². The van der Waals surface area contributed by atoms with Crippen LogP contribution in [0, 0.1) is 0 Å². The summed E-state index contributed by atoms with van der Waals surface area (Å²) in [5.41, 5.74) is 0. The summed E-state index contributed by atoms with van der Waals surface area (Å²) < 4.78 is 9.22. The standard InChI is InChI=1S/C10H18O8/c1-5(12)17-4-8(18-6(2)13)10(16)9(15)7(14)3-11/h7-11,14-16H,3-4H2,1-2H3/t7-,8+,9+,10+/m0/s1. The van der Waals surface area contributed by atoms with Crippen molar-refractivity contribution in [1.29, 1.82) is 0 Å². The lowest BCUT2D eigenvalue weighted by Gasteiger charge is -2.27. The maximum atomic E-state index is 10.8. The highest BCUT2D eigenvalue weighted by atomic mass is 16.6. The summed E-state index contributed by atoms with van der Waals surface area (Å²) in [6.07, 6.45) is -6.37. The SMILES string of the molecule is CC(=O)OC[C@@H](OC(C)=O)[C@@H](O)[C@H](O)[C@@H](O)CO. The van der Waals surface area contributed by atoms with Crippen LogP contribution in [0.25, 0.3) is 0 Å². The zero-order valence-electron chi connectivity index (χ0n) is 10.1. The number of carbonyl (C=O) groups is 2. The summed E-state index contributed by atoms with van der Waals surface area (Å²) in [5.74, 6) is -1.41. The summed E-state index contributed by atoms with van der Waals surface area (Å²) in [4.78, 5) is 21.4. The van der Waals surface area contributed by atoms with Gasteiger partial charge in [0.2, 0.25) is 0 Å². The zero-order valence-corrected chi connectivity index (χ0v) is 10.1. The molecule has 0 aliphatic heterocycles. The van der Waals surface area contributed by atoms with Gasteiger partial charge in [-0.2, -0.15) is 0 Å². The Morgan fingerprint density at radius 2 is 1.61 bits per heavy atom. The molecule has 0 unspecified atom stereocenters. The van der Waals surface area contributed by atoms with Gasteiger partial charge in [-0.15, -0.1) is 0 Å². The first-order chi connectivity index (χ1) is 8.29. The van der Waals surface area contributed by atoms with Crippen molar-refractivity contribution in [3.8, 4) is 0 Å². The minimum Gasteiger partial charge on any atom is -0.462 e. The molecule has 0 saturated carbocycles. The lowest BCUT2D eigenvalue weighted by atomic mass is 10.0. The summed E-state index contributed by atoms with van der Waals surface area (Å²) in [7, 11) is 0. The molecule has 4 atom stereocenters. The third kappa shape index (κ3) is 5.92. The maximum absolute atomic E-state index is 10.8. The third-order valence-corrected chi connectivity index (χ3v) is 2.08. The van der Waals surface area contributed by atoms with Crippen molar-refractivity contribution in [3.63, 3.8) is 0 Å². The van der Waals surface area contributed by atoms with Gasteiger partial charge in [0.05, 0.1) is 6.61 Å². The summed E-state index contributed by atoms with van der Waals surface area (Å²) >= 11 is 0. The fraction of sp³-hybridized carbons (Fsp3) is 0.800. The van der Waals surface area contributed by atoms with Gasteiger partial charge in [0.1, 0.15) is 24.9 Å². The Hall–Kier alpha value is -1.22. The van der Waals surface area contributed by atoms with E-state index in [9.17, 15) is 19.8 Å². The molecule has 0 aliphatic rings. The first kappa shape index (κ1) is 16.8. The normalized spacial score (nSPS) is 17.4. The monoisotopic (exact) mass is 266 g/mol. The van der Waals surface area contributed by atoms with Crippen molar-refractivity contribution in [2.24, 2.45) is 0 Å². The van der Waals surface area contributed by atoms with E-state index in [0.29, 0.717) is 0 Å². The third-order valence-electron chi connectivity index (χ3n) is 2.08. The Balaban J connectivity index is 4.61. The van der Waals surface area contributed by atoms with E-state index in [1.165, 1.54) is 0 Å². The van der Waals surface area contributed by atoms with E-state index in [1.807, 2.05) is 0 Å². The molecule has 0 heterocycles. The van der Waals surface area contributed by atoms with Crippen molar-refractivity contribution >= 4 is 11.9 Å². The van der Waals surface area contributed by atoms with Crippen LogP contribution in [-0.2, 0) is 19.1 Å². The lowest BCUT2D eigenvalue weighted by molar-refractivity contribution is -0.175. The number of aliphatic hydroxyl groups excluding tert-OH is 4. The average molecular weight is 266 g/mol. The van der Waals surface area contributed by atoms with Crippen LogP contribution in [-0.4, -0.2) is 70.0 Å². The van der Waals surface area contributed by atoms with Gasteiger partial charge in [-0.3, -0.25) is 9.59 Å². The predicted octanol–water partition coefficient (Wildman–Crippen LogP) is -2.44. The molecule has 106 valence electrons. The van der Waals surface area contributed by atoms with E-state index in [2.05, 4.69) is 9.47 Å². The Labute approximate surface area is 104 Å². The van der Waals surface area contributed by atoms with Crippen molar-refractivity contribution in [3.05, 3.63) is 0 Å². The molecule has 4 N–H and O–H groups in total. The van der Waals surface area contributed by atoms with E-state index in [4.69, 9.17) is 10.2 Å². The van der Waals surface area contributed by atoms with E-state index in [1.54, 1.807) is 0 Å². The molecule has 8 heteroatoms. The fourth-order valence-electron chi connectivity index (χ4n) is 1.17. The number of aliphatic hydroxyl groups is 4. The van der Waals surface area contributed by atoms with Crippen LogP contribution in [0.3, 0.4) is 0 Å². The molecular formula is C10H18O8. The average Bonchev–Trinajstić information content (AvgIpc) is 2.30. The molecule has 8 nitrogen and oxygen atoms in total. The highest BCUT2D eigenvalue weighted by molar-refractivity contribution is 5.67.